The number of nitro benzene ring substituents is 2. The summed E-state index contributed by atoms with van der Waals surface area (Å²) in [5.41, 5.74) is -0.816. The van der Waals surface area contributed by atoms with Gasteiger partial charge in [0.1, 0.15) is 23.9 Å². The zero-order valence-corrected chi connectivity index (χ0v) is 19.4. The molecule has 0 saturated carbocycles. The minimum Gasteiger partial charge on any atom is -0.497 e. The molecule has 13 heteroatoms. The van der Waals surface area contributed by atoms with Crippen molar-refractivity contribution < 1.29 is 33.6 Å². The number of carbonyl (C=O) groups is 2. The van der Waals surface area contributed by atoms with Crippen molar-refractivity contribution in [2.24, 2.45) is 0 Å². The highest BCUT2D eigenvalue weighted by Crippen LogP contribution is 2.35. The van der Waals surface area contributed by atoms with E-state index in [1.54, 1.807) is 37.4 Å². The summed E-state index contributed by atoms with van der Waals surface area (Å²) in [5, 5.41) is 24.8. The quantitative estimate of drug-likeness (QED) is 0.336. The van der Waals surface area contributed by atoms with Gasteiger partial charge in [-0.2, -0.15) is 0 Å². The lowest BCUT2D eigenvalue weighted by Crippen LogP contribution is -2.41. The molecule has 1 aliphatic rings. The van der Waals surface area contributed by atoms with Crippen LogP contribution in [0.2, 0.25) is 0 Å². The molecule has 1 heterocycles. The molecular formula is C24H20N4O9. The molecule has 1 aliphatic heterocycles. The van der Waals surface area contributed by atoms with Crippen LogP contribution in [-0.2, 0) is 4.79 Å². The topological polar surface area (TPSA) is 163 Å². The van der Waals surface area contributed by atoms with Gasteiger partial charge < -0.3 is 24.4 Å². The zero-order chi connectivity index (χ0) is 26.5. The van der Waals surface area contributed by atoms with Gasteiger partial charge in [-0.3, -0.25) is 29.8 Å². The Morgan fingerprint density at radius 1 is 1.00 bits per heavy atom. The average Bonchev–Trinajstić information content (AvgIpc) is 2.90. The maximum absolute atomic E-state index is 12.8. The number of hydrogen-bond acceptors (Lipinski definition) is 9. The summed E-state index contributed by atoms with van der Waals surface area (Å²) in [7, 11) is 1.56. The summed E-state index contributed by atoms with van der Waals surface area (Å²) in [6.45, 7) is 0.194. The summed E-state index contributed by atoms with van der Waals surface area (Å²) in [5.74, 6) is 0.563. The highest BCUT2D eigenvalue weighted by atomic mass is 16.6. The van der Waals surface area contributed by atoms with E-state index in [2.05, 4.69) is 5.32 Å². The van der Waals surface area contributed by atoms with E-state index in [9.17, 15) is 29.8 Å². The molecule has 0 spiro atoms. The third kappa shape index (κ3) is 5.73. The smallest absolute Gasteiger partial charge is 0.277 e. The molecule has 2 amide bonds. The predicted octanol–water partition coefficient (Wildman–Crippen LogP) is 3.57. The second-order valence-corrected chi connectivity index (χ2v) is 7.75. The number of amides is 2. The first-order valence-corrected chi connectivity index (χ1v) is 10.8. The Morgan fingerprint density at radius 2 is 1.65 bits per heavy atom. The number of nitrogens with zero attached hydrogens (tertiary/aromatic N) is 3. The Hall–Kier alpha value is -5.20. The van der Waals surface area contributed by atoms with Gasteiger partial charge in [0, 0.05) is 17.8 Å². The fourth-order valence-corrected chi connectivity index (χ4v) is 3.59. The molecule has 190 valence electrons. The maximum Gasteiger partial charge on any atom is 0.277 e. The standard InChI is InChI=1S/C24H20N4O9/c1-35-19-3-5-20(6-4-19)36-9-8-26-21-12-16(2-7-22(21)37-14-23(26)29)25-24(30)15-10-17(27(31)32)13-18(11-15)28(33)34/h2-7,10-13H,8-9,14H2,1H3,(H,25,30). The van der Waals surface area contributed by atoms with Crippen LogP contribution in [0.15, 0.2) is 60.7 Å². The van der Waals surface area contributed by atoms with E-state index in [-0.39, 0.29) is 36.9 Å². The number of hydrogen-bond donors (Lipinski definition) is 1. The maximum atomic E-state index is 12.8. The van der Waals surface area contributed by atoms with Crippen molar-refractivity contribution in [2.45, 2.75) is 0 Å². The van der Waals surface area contributed by atoms with Crippen LogP contribution in [-0.4, -0.2) is 48.5 Å². The van der Waals surface area contributed by atoms with Gasteiger partial charge in [-0.15, -0.1) is 0 Å². The van der Waals surface area contributed by atoms with E-state index < -0.39 is 27.1 Å². The number of ether oxygens (including phenoxy) is 3. The van der Waals surface area contributed by atoms with Crippen molar-refractivity contribution in [2.75, 3.05) is 37.1 Å². The minimum absolute atomic E-state index is 0.168. The van der Waals surface area contributed by atoms with Crippen LogP contribution >= 0.6 is 0 Å². The molecular weight excluding hydrogens is 488 g/mol. The number of rotatable bonds is 9. The Kier molecular flexibility index (Phi) is 7.14. The van der Waals surface area contributed by atoms with E-state index in [0.717, 1.165) is 18.2 Å². The zero-order valence-electron chi connectivity index (χ0n) is 19.4. The highest BCUT2D eigenvalue weighted by Gasteiger charge is 2.26. The van der Waals surface area contributed by atoms with Gasteiger partial charge in [0.15, 0.2) is 6.61 Å². The lowest BCUT2D eigenvalue weighted by atomic mass is 10.1. The first-order chi connectivity index (χ1) is 17.7. The van der Waals surface area contributed by atoms with Crippen LogP contribution in [0, 0.1) is 20.2 Å². The van der Waals surface area contributed by atoms with Gasteiger partial charge in [-0.25, -0.2) is 0 Å². The van der Waals surface area contributed by atoms with Crippen molar-refractivity contribution in [1.82, 2.24) is 0 Å². The fraction of sp³-hybridized carbons (Fsp3) is 0.167. The molecule has 0 saturated heterocycles. The summed E-state index contributed by atoms with van der Waals surface area (Å²) < 4.78 is 16.3. The first kappa shape index (κ1) is 24.9. The van der Waals surface area contributed by atoms with Gasteiger partial charge in [-0.1, -0.05) is 0 Å². The molecule has 3 aromatic rings. The van der Waals surface area contributed by atoms with Gasteiger partial charge in [-0.05, 0) is 42.5 Å². The molecule has 3 aromatic carbocycles. The number of carbonyl (C=O) groups excluding carboxylic acids is 2. The number of non-ortho nitro benzene ring substituents is 2. The van der Waals surface area contributed by atoms with Gasteiger partial charge >= 0.3 is 0 Å². The third-order valence-electron chi connectivity index (χ3n) is 5.39. The molecule has 37 heavy (non-hydrogen) atoms. The first-order valence-electron chi connectivity index (χ1n) is 10.8. The van der Waals surface area contributed by atoms with Gasteiger partial charge in [0.2, 0.25) is 0 Å². The molecule has 0 atom stereocenters. The largest absolute Gasteiger partial charge is 0.497 e. The lowest BCUT2D eigenvalue weighted by Gasteiger charge is -2.29. The number of benzene rings is 3. The highest BCUT2D eigenvalue weighted by molar-refractivity contribution is 6.06. The minimum atomic E-state index is -0.822. The van der Waals surface area contributed by atoms with Crippen molar-refractivity contribution in [3.8, 4) is 17.2 Å². The van der Waals surface area contributed by atoms with E-state index in [1.165, 1.54) is 17.0 Å². The normalized spacial score (nSPS) is 12.2. The molecule has 1 N–H and O–H groups in total. The second kappa shape index (κ2) is 10.6. The summed E-state index contributed by atoms with van der Waals surface area (Å²) in [6.07, 6.45) is 0. The van der Waals surface area contributed by atoms with E-state index in [1.807, 2.05) is 0 Å². The van der Waals surface area contributed by atoms with Crippen LogP contribution in [0.5, 0.6) is 17.2 Å². The lowest BCUT2D eigenvalue weighted by molar-refractivity contribution is -0.394. The second-order valence-electron chi connectivity index (χ2n) is 7.75. The van der Waals surface area contributed by atoms with E-state index in [0.29, 0.717) is 22.9 Å². The van der Waals surface area contributed by atoms with Crippen LogP contribution < -0.4 is 24.4 Å². The molecule has 0 bridgehead atoms. The Labute approximate surface area is 209 Å². The predicted molar refractivity (Wildman–Crippen MR) is 130 cm³/mol. The molecule has 0 aliphatic carbocycles. The average molecular weight is 508 g/mol. The van der Waals surface area contributed by atoms with Crippen molar-refractivity contribution in [3.63, 3.8) is 0 Å². The van der Waals surface area contributed by atoms with Crippen molar-refractivity contribution in [1.29, 1.82) is 0 Å². The molecule has 4 rings (SSSR count). The van der Waals surface area contributed by atoms with Crippen LogP contribution in [0.1, 0.15) is 10.4 Å². The molecule has 13 nitrogen and oxygen atoms in total. The third-order valence-corrected chi connectivity index (χ3v) is 5.39. The number of nitrogens with one attached hydrogen (secondary N) is 1. The van der Waals surface area contributed by atoms with E-state index in [4.69, 9.17) is 14.2 Å². The monoisotopic (exact) mass is 508 g/mol. The SMILES string of the molecule is COc1ccc(OCCN2C(=O)COc3ccc(NC(=O)c4cc([N+](=O)[O-])cc([N+](=O)[O-])c4)cc32)cc1. The number of nitro groups is 2. The fourth-order valence-electron chi connectivity index (χ4n) is 3.59. The van der Waals surface area contributed by atoms with Crippen molar-refractivity contribution >= 4 is 34.6 Å². The molecule has 0 aromatic heterocycles. The van der Waals surface area contributed by atoms with Crippen LogP contribution in [0.3, 0.4) is 0 Å². The molecule has 0 unspecified atom stereocenters. The Morgan fingerprint density at radius 3 is 2.27 bits per heavy atom. The van der Waals surface area contributed by atoms with Gasteiger partial charge in [0.05, 0.1) is 40.8 Å². The number of anilines is 2. The molecule has 0 fully saturated rings. The van der Waals surface area contributed by atoms with Crippen LogP contribution in [0.25, 0.3) is 0 Å². The summed E-state index contributed by atoms with van der Waals surface area (Å²) in [6, 6.07) is 14.2. The van der Waals surface area contributed by atoms with Crippen LogP contribution in [0.4, 0.5) is 22.7 Å². The van der Waals surface area contributed by atoms with E-state index >= 15 is 0 Å². The summed E-state index contributed by atoms with van der Waals surface area (Å²) >= 11 is 0. The summed E-state index contributed by atoms with van der Waals surface area (Å²) in [4.78, 5) is 47.4. The van der Waals surface area contributed by atoms with Gasteiger partial charge in [0.25, 0.3) is 23.2 Å². The Bertz CT molecular complexity index is 1340. The molecule has 0 radical (unpaired) electrons. The Balaban J connectivity index is 1.50. The number of fused-ring (bicyclic) bond motifs is 1. The van der Waals surface area contributed by atoms with Crippen molar-refractivity contribution in [3.05, 3.63) is 86.5 Å². The number of methoxy groups -OCH3 is 1.